The van der Waals surface area contributed by atoms with E-state index in [0.717, 1.165) is 5.56 Å². The fraction of sp³-hybridized carbons (Fsp3) is 0.412. The third-order valence-corrected chi connectivity index (χ3v) is 4.00. The van der Waals surface area contributed by atoms with Crippen molar-refractivity contribution in [2.45, 2.75) is 38.8 Å². The van der Waals surface area contributed by atoms with Crippen LogP contribution in [0.5, 0.6) is 0 Å². The maximum absolute atomic E-state index is 12.4. The summed E-state index contributed by atoms with van der Waals surface area (Å²) in [5.74, 6) is -0.954. The molecule has 3 rings (SSSR count). The van der Waals surface area contributed by atoms with Gasteiger partial charge in [0.25, 0.3) is 5.56 Å². The van der Waals surface area contributed by atoms with E-state index in [1.165, 1.54) is 10.9 Å². The highest BCUT2D eigenvalue weighted by Crippen LogP contribution is 2.13. The highest BCUT2D eigenvalue weighted by molar-refractivity contribution is 5.81. The van der Waals surface area contributed by atoms with Crippen LogP contribution < -0.4 is 5.56 Å². The number of nitrogens with zero attached hydrogens (tertiary/aromatic N) is 2. The smallest absolute Gasteiger partial charge is 0.347 e. The lowest BCUT2D eigenvalue weighted by atomic mass is 10.1. The van der Waals surface area contributed by atoms with Crippen LogP contribution in [0.3, 0.4) is 0 Å². The Morgan fingerprint density at radius 1 is 1.42 bits per heavy atom. The Hall–Kier alpha value is -2.70. The van der Waals surface area contributed by atoms with E-state index in [4.69, 9.17) is 9.47 Å². The van der Waals surface area contributed by atoms with Crippen LogP contribution in [0.15, 0.2) is 29.3 Å². The summed E-state index contributed by atoms with van der Waals surface area (Å²) < 4.78 is 11.3. The lowest BCUT2D eigenvalue weighted by Gasteiger charge is -2.09. The van der Waals surface area contributed by atoms with E-state index in [2.05, 4.69) is 4.98 Å². The first-order valence-electron chi connectivity index (χ1n) is 7.87. The van der Waals surface area contributed by atoms with Crippen LogP contribution in [0.1, 0.15) is 24.8 Å². The summed E-state index contributed by atoms with van der Waals surface area (Å²) in [6.45, 7) is 2.55. The molecule has 1 unspecified atom stereocenters. The topological polar surface area (TPSA) is 87.5 Å². The summed E-state index contributed by atoms with van der Waals surface area (Å²) in [6.07, 6.45) is 1.67. The molecule has 1 atom stereocenters. The van der Waals surface area contributed by atoms with Gasteiger partial charge in [0.2, 0.25) is 6.10 Å². The van der Waals surface area contributed by atoms with Gasteiger partial charge in [-0.1, -0.05) is 12.1 Å². The molecule has 0 amide bonds. The third-order valence-electron chi connectivity index (χ3n) is 4.00. The predicted octanol–water partition coefficient (Wildman–Crippen LogP) is 1.34. The molecule has 1 aromatic carbocycles. The van der Waals surface area contributed by atoms with Gasteiger partial charge in [-0.05, 0) is 25.0 Å². The zero-order valence-corrected chi connectivity index (χ0v) is 13.4. The van der Waals surface area contributed by atoms with Crippen LogP contribution in [-0.4, -0.2) is 34.2 Å². The van der Waals surface area contributed by atoms with Crippen molar-refractivity contribution in [1.29, 1.82) is 0 Å². The fourth-order valence-electron chi connectivity index (χ4n) is 2.69. The molecule has 0 bridgehead atoms. The number of aromatic nitrogens is 2. The Morgan fingerprint density at radius 3 is 3.00 bits per heavy atom. The van der Waals surface area contributed by atoms with Crippen molar-refractivity contribution >= 4 is 22.8 Å². The normalized spacial score (nSPS) is 17.0. The average molecular weight is 330 g/mol. The van der Waals surface area contributed by atoms with Gasteiger partial charge in [0.1, 0.15) is 0 Å². The van der Waals surface area contributed by atoms with Crippen LogP contribution in [0, 0.1) is 6.92 Å². The molecule has 7 nitrogen and oxygen atoms in total. The highest BCUT2D eigenvalue weighted by atomic mass is 16.6. The zero-order chi connectivity index (χ0) is 17.1. The van der Waals surface area contributed by atoms with Gasteiger partial charge in [-0.25, -0.2) is 9.78 Å². The van der Waals surface area contributed by atoms with Crippen molar-refractivity contribution in [2.75, 3.05) is 6.61 Å². The molecule has 0 aliphatic carbocycles. The number of esters is 2. The minimum atomic E-state index is -0.787. The molecule has 0 saturated carbocycles. The van der Waals surface area contributed by atoms with Crippen molar-refractivity contribution < 1.29 is 19.1 Å². The van der Waals surface area contributed by atoms with E-state index in [9.17, 15) is 14.4 Å². The summed E-state index contributed by atoms with van der Waals surface area (Å²) in [7, 11) is 0. The molecule has 24 heavy (non-hydrogen) atoms. The lowest BCUT2D eigenvalue weighted by molar-refractivity contribution is -0.160. The van der Waals surface area contributed by atoms with Crippen LogP contribution in [-0.2, 0) is 25.6 Å². The minimum Gasteiger partial charge on any atom is -0.463 e. The second-order valence-corrected chi connectivity index (χ2v) is 5.75. The van der Waals surface area contributed by atoms with Crippen molar-refractivity contribution in [1.82, 2.24) is 9.55 Å². The van der Waals surface area contributed by atoms with Crippen molar-refractivity contribution in [3.63, 3.8) is 0 Å². The molecule has 2 heterocycles. The number of para-hydroxylation sites is 1. The van der Waals surface area contributed by atoms with Gasteiger partial charge in [0.15, 0.2) is 0 Å². The van der Waals surface area contributed by atoms with Gasteiger partial charge in [0, 0.05) is 19.4 Å². The maximum atomic E-state index is 12.4. The molecule has 7 heteroatoms. The Labute approximate surface area is 138 Å². The molecule has 126 valence electrons. The number of hydrogen-bond donors (Lipinski definition) is 0. The summed E-state index contributed by atoms with van der Waals surface area (Å²) >= 11 is 0. The molecule has 2 aromatic rings. The van der Waals surface area contributed by atoms with Gasteiger partial charge in [-0.2, -0.15) is 0 Å². The van der Waals surface area contributed by atoms with Crippen LogP contribution in [0.25, 0.3) is 10.9 Å². The Morgan fingerprint density at radius 2 is 2.25 bits per heavy atom. The quantitative estimate of drug-likeness (QED) is 0.769. The van der Waals surface area contributed by atoms with Crippen LogP contribution in [0.2, 0.25) is 0 Å². The van der Waals surface area contributed by atoms with Gasteiger partial charge < -0.3 is 9.47 Å². The van der Waals surface area contributed by atoms with Gasteiger partial charge in [-0.3, -0.25) is 14.2 Å². The number of cyclic esters (lactones) is 1. The van der Waals surface area contributed by atoms with Crippen molar-refractivity contribution in [2.24, 2.45) is 0 Å². The monoisotopic (exact) mass is 330 g/mol. The van der Waals surface area contributed by atoms with E-state index in [-0.39, 0.29) is 18.6 Å². The first-order chi connectivity index (χ1) is 11.6. The largest absolute Gasteiger partial charge is 0.463 e. The average Bonchev–Trinajstić information content (AvgIpc) is 2.95. The van der Waals surface area contributed by atoms with Gasteiger partial charge >= 0.3 is 11.9 Å². The molecular formula is C17H18N2O5. The molecule has 0 spiro atoms. The number of aryl methyl sites for hydroxylation is 2. The minimum absolute atomic E-state index is 0.127. The number of carbonyl (C=O) groups excluding carboxylic acids is 2. The molecular weight excluding hydrogens is 312 g/mol. The molecule has 0 N–H and O–H groups in total. The van der Waals surface area contributed by atoms with Crippen LogP contribution >= 0.6 is 0 Å². The number of fused-ring (bicyclic) bond motifs is 1. The van der Waals surface area contributed by atoms with Crippen molar-refractivity contribution in [3.8, 4) is 0 Å². The molecule has 1 saturated heterocycles. The Kier molecular flexibility index (Phi) is 4.59. The number of rotatable bonds is 5. The molecule has 1 fully saturated rings. The van der Waals surface area contributed by atoms with E-state index in [1.54, 1.807) is 6.07 Å². The summed E-state index contributed by atoms with van der Waals surface area (Å²) in [5.41, 5.74) is 1.51. The van der Waals surface area contributed by atoms with E-state index < -0.39 is 18.0 Å². The molecule has 1 aliphatic heterocycles. The Balaban J connectivity index is 1.60. The van der Waals surface area contributed by atoms with E-state index in [1.807, 2.05) is 19.1 Å². The first kappa shape index (κ1) is 16.2. The summed E-state index contributed by atoms with van der Waals surface area (Å²) in [5, 5.41) is 0.564. The second kappa shape index (κ2) is 6.82. The van der Waals surface area contributed by atoms with E-state index >= 15 is 0 Å². The van der Waals surface area contributed by atoms with Crippen molar-refractivity contribution in [3.05, 3.63) is 40.4 Å². The zero-order valence-electron chi connectivity index (χ0n) is 13.4. The summed E-state index contributed by atoms with van der Waals surface area (Å²) in [4.78, 5) is 39.7. The van der Waals surface area contributed by atoms with E-state index in [0.29, 0.717) is 30.3 Å². The number of carbonyl (C=O) groups is 2. The van der Waals surface area contributed by atoms with Gasteiger partial charge in [-0.15, -0.1) is 0 Å². The second-order valence-electron chi connectivity index (χ2n) is 5.75. The predicted molar refractivity (Wildman–Crippen MR) is 85.4 cm³/mol. The molecule has 1 aromatic heterocycles. The third kappa shape index (κ3) is 3.29. The molecule has 0 radical (unpaired) electrons. The first-order valence-corrected chi connectivity index (χ1v) is 7.87. The maximum Gasteiger partial charge on any atom is 0.347 e. The SMILES string of the molecule is Cc1cccc2c(=O)n(CCCC(=O)OC3CCOC3=O)cnc12. The summed E-state index contributed by atoms with van der Waals surface area (Å²) in [6, 6.07) is 5.47. The van der Waals surface area contributed by atoms with Crippen LogP contribution in [0.4, 0.5) is 0 Å². The Bertz CT molecular complexity index is 842. The number of ether oxygens (including phenoxy) is 2. The standard InChI is InChI=1S/C17H18N2O5/c1-11-4-2-5-12-15(11)18-10-19(16(12)21)8-3-6-14(20)24-13-7-9-23-17(13)22/h2,4-5,10,13H,3,6-9H2,1H3. The number of hydrogen-bond acceptors (Lipinski definition) is 6. The van der Waals surface area contributed by atoms with Gasteiger partial charge in [0.05, 0.1) is 23.8 Å². The number of benzene rings is 1. The highest BCUT2D eigenvalue weighted by Gasteiger charge is 2.29. The fourth-order valence-corrected chi connectivity index (χ4v) is 2.69. The molecule has 1 aliphatic rings. The lowest BCUT2D eigenvalue weighted by Crippen LogP contribution is -2.24.